The van der Waals surface area contributed by atoms with Crippen LogP contribution in [0.5, 0.6) is 0 Å². The summed E-state index contributed by atoms with van der Waals surface area (Å²) >= 11 is 5.22. The summed E-state index contributed by atoms with van der Waals surface area (Å²) in [6.45, 7) is 6.00. The second kappa shape index (κ2) is 4.72. The Morgan fingerprint density at radius 3 is 2.76 bits per heavy atom. The van der Waals surface area contributed by atoms with E-state index in [0.717, 1.165) is 51.5 Å². The van der Waals surface area contributed by atoms with Crippen LogP contribution in [0.4, 0.5) is 5.82 Å². The summed E-state index contributed by atoms with van der Waals surface area (Å²) in [5.41, 5.74) is 2.56. The van der Waals surface area contributed by atoms with E-state index in [2.05, 4.69) is 25.5 Å². The monoisotopic (exact) mass is 251 g/mol. The molecule has 1 saturated heterocycles. The lowest BCUT2D eigenvalue weighted by atomic mass is 10.1. The van der Waals surface area contributed by atoms with Gasteiger partial charge in [-0.2, -0.15) is 0 Å². The standard InChI is InChI=1S/C11H17N5S/c17-11-14-9-7-13-2-1-8(9)10(15-11)16-5-3-12-4-6-16/h12-13H,1-7H2,(H,14,15,17). The Morgan fingerprint density at radius 1 is 1.12 bits per heavy atom. The molecule has 0 amide bonds. The number of anilines is 1. The van der Waals surface area contributed by atoms with Crippen LogP contribution >= 0.6 is 12.2 Å². The first-order valence-corrected chi connectivity index (χ1v) is 6.54. The molecule has 1 fully saturated rings. The first-order valence-electron chi connectivity index (χ1n) is 6.13. The molecule has 0 aliphatic carbocycles. The summed E-state index contributed by atoms with van der Waals surface area (Å²) in [7, 11) is 0. The second-order valence-corrected chi connectivity index (χ2v) is 4.87. The van der Waals surface area contributed by atoms with Crippen molar-refractivity contribution in [3.8, 4) is 0 Å². The number of fused-ring (bicyclic) bond motifs is 1. The normalized spacial score (nSPS) is 20.1. The first-order chi connectivity index (χ1) is 8.34. The molecular weight excluding hydrogens is 234 g/mol. The smallest absolute Gasteiger partial charge is 0.199 e. The highest BCUT2D eigenvalue weighted by Gasteiger charge is 2.20. The van der Waals surface area contributed by atoms with Crippen LogP contribution in [0, 0.1) is 4.77 Å². The van der Waals surface area contributed by atoms with Gasteiger partial charge >= 0.3 is 0 Å². The average molecular weight is 251 g/mol. The third kappa shape index (κ3) is 2.20. The van der Waals surface area contributed by atoms with Gasteiger partial charge in [-0.3, -0.25) is 0 Å². The molecule has 92 valence electrons. The molecule has 2 aliphatic heterocycles. The van der Waals surface area contributed by atoms with Crippen molar-refractivity contribution >= 4 is 18.0 Å². The zero-order valence-corrected chi connectivity index (χ0v) is 10.6. The molecule has 3 rings (SSSR count). The van der Waals surface area contributed by atoms with E-state index in [4.69, 9.17) is 12.2 Å². The predicted octanol–water partition coefficient (Wildman–Crippen LogP) is 0.194. The molecule has 3 heterocycles. The van der Waals surface area contributed by atoms with Gasteiger partial charge in [0.25, 0.3) is 0 Å². The van der Waals surface area contributed by atoms with E-state index in [9.17, 15) is 0 Å². The van der Waals surface area contributed by atoms with Gasteiger partial charge in [0.1, 0.15) is 5.82 Å². The Bertz CT molecular complexity index is 463. The SMILES string of the molecule is S=c1nc(N2CCNCC2)c2c([nH]1)CNCC2. The van der Waals surface area contributed by atoms with Crippen LogP contribution in [-0.4, -0.2) is 42.7 Å². The summed E-state index contributed by atoms with van der Waals surface area (Å²) in [6, 6.07) is 0. The van der Waals surface area contributed by atoms with E-state index < -0.39 is 0 Å². The molecule has 0 unspecified atom stereocenters. The fraction of sp³-hybridized carbons (Fsp3) is 0.636. The number of hydrogen-bond acceptors (Lipinski definition) is 5. The van der Waals surface area contributed by atoms with Gasteiger partial charge in [0.05, 0.1) is 0 Å². The number of aromatic amines is 1. The topological polar surface area (TPSA) is 56.0 Å². The van der Waals surface area contributed by atoms with E-state index >= 15 is 0 Å². The minimum atomic E-state index is 0.598. The predicted molar refractivity (Wildman–Crippen MR) is 69.9 cm³/mol. The van der Waals surface area contributed by atoms with Crippen molar-refractivity contribution in [3.05, 3.63) is 16.0 Å². The Balaban J connectivity index is 2.01. The van der Waals surface area contributed by atoms with Gasteiger partial charge < -0.3 is 20.5 Å². The first kappa shape index (κ1) is 11.1. The van der Waals surface area contributed by atoms with Gasteiger partial charge in [-0.05, 0) is 25.2 Å². The summed E-state index contributed by atoms with van der Waals surface area (Å²) in [4.78, 5) is 10.1. The number of rotatable bonds is 1. The third-order valence-electron chi connectivity index (χ3n) is 3.37. The Labute approximate surface area is 106 Å². The van der Waals surface area contributed by atoms with Crippen molar-refractivity contribution in [2.45, 2.75) is 13.0 Å². The van der Waals surface area contributed by atoms with E-state index in [-0.39, 0.29) is 0 Å². The van der Waals surface area contributed by atoms with Crippen LogP contribution in [0.3, 0.4) is 0 Å². The van der Waals surface area contributed by atoms with Gasteiger partial charge in [0.15, 0.2) is 4.77 Å². The number of aromatic nitrogens is 2. The van der Waals surface area contributed by atoms with E-state index in [1.54, 1.807) is 0 Å². The molecule has 17 heavy (non-hydrogen) atoms. The van der Waals surface area contributed by atoms with Crippen LogP contribution in [-0.2, 0) is 13.0 Å². The highest BCUT2D eigenvalue weighted by Crippen LogP contribution is 2.23. The minimum Gasteiger partial charge on any atom is -0.354 e. The molecule has 5 nitrogen and oxygen atoms in total. The van der Waals surface area contributed by atoms with E-state index in [1.165, 1.54) is 11.3 Å². The van der Waals surface area contributed by atoms with Gasteiger partial charge in [-0.25, -0.2) is 4.98 Å². The summed E-state index contributed by atoms with van der Waals surface area (Å²) in [5.74, 6) is 1.10. The maximum absolute atomic E-state index is 5.22. The zero-order valence-electron chi connectivity index (χ0n) is 9.75. The highest BCUT2D eigenvalue weighted by molar-refractivity contribution is 7.71. The molecule has 3 N–H and O–H groups in total. The van der Waals surface area contributed by atoms with Crippen molar-refractivity contribution < 1.29 is 0 Å². The number of nitrogens with zero attached hydrogens (tertiary/aromatic N) is 2. The van der Waals surface area contributed by atoms with Crippen molar-refractivity contribution in [2.75, 3.05) is 37.6 Å². The van der Waals surface area contributed by atoms with E-state index in [0.29, 0.717) is 4.77 Å². The van der Waals surface area contributed by atoms with Crippen LogP contribution < -0.4 is 15.5 Å². The number of hydrogen-bond donors (Lipinski definition) is 3. The largest absolute Gasteiger partial charge is 0.354 e. The fourth-order valence-electron chi connectivity index (χ4n) is 2.51. The molecule has 0 atom stereocenters. The third-order valence-corrected chi connectivity index (χ3v) is 3.56. The molecule has 0 aromatic carbocycles. The molecule has 6 heteroatoms. The van der Waals surface area contributed by atoms with Crippen LogP contribution in [0.2, 0.25) is 0 Å². The lowest BCUT2D eigenvalue weighted by Crippen LogP contribution is -2.44. The summed E-state index contributed by atoms with van der Waals surface area (Å²) < 4.78 is 0.598. The van der Waals surface area contributed by atoms with Gasteiger partial charge in [0.2, 0.25) is 0 Å². The van der Waals surface area contributed by atoms with Gasteiger partial charge in [-0.1, -0.05) is 0 Å². The maximum atomic E-state index is 5.22. The fourth-order valence-corrected chi connectivity index (χ4v) is 2.72. The van der Waals surface area contributed by atoms with Gasteiger partial charge in [0, 0.05) is 44.0 Å². The van der Waals surface area contributed by atoms with Crippen molar-refractivity contribution in [1.82, 2.24) is 20.6 Å². The molecule has 1 aromatic rings. The Hall–Kier alpha value is -0.980. The van der Waals surface area contributed by atoms with Crippen LogP contribution in [0.1, 0.15) is 11.3 Å². The maximum Gasteiger partial charge on any atom is 0.199 e. The second-order valence-electron chi connectivity index (χ2n) is 4.49. The molecule has 0 bridgehead atoms. The zero-order chi connectivity index (χ0) is 11.7. The average Bonchev–Trinajstić information content (AvgIpc) is 2.39. The number of H-pyrrole nitrogens is 1. The number of nitrogens with one attached hydrogen (secondary N) is 3. The molecule has 0 spiro atoms. The van der Waals surface area contributed by atoms with Crippen LogP contribution in [0.15, 0.2) is 0 Å². The van der Waals surface area contributed by atoms with Crippen molar-refractivity contribution in [2.24, 2.45) is 0 Å². The Kier molecular flexibility index (Phi) is 3.09. The van der Waals surface area contributed by atoms with Crippen LogP contribution in [0.25, 0.3) is 0 Å². The minimum absolute atomic E-state index is 0.598. The van der Waals surface area contributed by atoms with Crippen molar-refractivity contribution in [1.29, 1.82) is 0 Å². The van der Waals surface area contributed by atoms with Gasteiger partial charge in [-0.15, -0.1) is 0 Å². The van der Waals surface area contributed by atoms with Crippen molar-refractivity contribution in [3.63, 3.8) is 0 Å². The summed E-state index contributed by atoms with van der Waals surface area (Å²) in [5, 5.41) is 6.73. The lowest BCUT2D eigenvalue weighted by molar-refractivity contribution is 0.572. The lowest BCUT2D eigenvalue weighted by Gasteiger charge is -2.31. The summed E-state index contributed by atoms with van der Waals surface area (Å²) in [6.07, 6.45) is 1.04. The highest BCUT2D eigenvalue weighted by atomic mass is 32.1. The molecule has 1 aromatic heterocycles. The molecule has 0 saturated carbocycles. The molecular formula is C11H17N5S. The number of piperazine rings is 1. The van der Waals surface area contributed by atoms with E-state index in [1.807, 2.05) is 0 Å². The quantitative estimate of drug-likeness (QED) is 0.622. The molecule has 0 radical (unpaired) electrons. The Morgan fingerprint density at radius 2 is 1.94 bits per heavy atom. The molecule has 2 aliphatic rings.